The van der Waals surface area contributed by atoms with Crippen molar-refractivity contribution in [3.63, 3.8) is 0 Å². The fourth-order valence-electron chi connectivity index (χ4n) is 2.67. The molecular weight excluding hydrogens is 385 g/mol. The third-order valence-corrected chi connectivity index (χ3v) is 6.19. The number of sulfone groups is 1. The van der Waals surface area contributed by atoms with Gasteiger partial charge >= 0.3 is 0 Å². The maximum Gasteiger partial charge on any atom is 0.191 e. The van der Waals surface area contributed by atoms with Gasteiger partial charge in [0.25, 0.3) is 0 Å². The second kappa shape index (κ2) is 9.07. The third kappa shape index (κ3) is 6.66. The highest BCUT2D eigenvalue weighted by molar-refractivity contribution is 7.91. The predicted molar refractivity (Wildman–Crippen MR) is 102 cm³/mol. The Labute approximate surface area is 158 Å². The van der Waals surface area contributed by atoms with Gasteiger partial charge in [-0.15, -0.1) is 0 Å². The van der Waals surface area contributed by atoms with Crippen molar-refractivity contribution in [2.75, 3.05) is 31.1 Å². The van der Waals surface area contributed by atoms with Crippen LogP contribution in [0.2, 0.25) is 10.0 Å². The Bertz CT molecular complexity index is 705. The van der Waals surface area contributed by atoms with Crippen LogP contribution < -0.4 is 10.6 Å². The SMILES string of the molecule is CCNC(=NCC(O)c1cc(Cl)cc(Cl)c1)NCC1CCS(=O)(=O)C1. The third-order valence-electron chi connectivity index (χ3n) is 3.92. The summed E-state index contributed by atoms with van der Waals surface area (Å²) in [4.78, 5) is 4.36. The molecule has 2 unspecified atom stereocenters. The molecule has 1 aliphatic rings. The molecule has 25 heavy (non-hydrogen) atoms. The van der Waals surface area contributed by atoms with E-state index in [0.29, 0.717) is 41.1 Å². The Kier molecular flexibility index (Phi) is 7.37. The molecule has 0 saturated carbocycles. The van der Waals surface area contributed by atoms with E-state index in [-0.39, 0.29) is 24.0 Å². The van der Waals surface area contributed by atoms with Crippen LogP contribution in [0.25, 0.3) is 0 Å². The molecule has 1 aliphatic heterocycles. The number of guanidine groups is 1. The molecule has 2 atom stereocenters. The minimum Gasteiger partial charge on any atom is -0.386 e. The Morgan fingerprint density at radius 2 is 2.00 bits per heavy atom. The molecule has 1 heterocycles. The zero-order valence-electron chi connectivity index (χ0n) is 14.0. The Morgan fingerprint density at radius 3 is 2.56 bits per heavy atom. The van der Waals surface area contributed by atoms with E-state index in [0.717, 1.165) is 0 Å². The van der Waals surface area contributed by atoms with Crippen molar-refractivity contribution in [3.8, 4) is 0 Å². The van der Waals surface area contributed by atoms with E-state index >= 15 is 0 Å². The summed E-state index contributed by atoms with van der Waals surface area (Å²) in [6.45, 7) is 3.26. The van der Waals surface area contributed by atoms with Crippen molar-refractivity contribution < 1.29 is 13.5 Å². The molecule has 0 bridgehead atoms. The smallest absolute Gasteiger partial charge is 0.191 e. The molecule has 9 heteroatoms. The molecule has 0 aromatic heterocycles. The number of nitrogens with one attached hydrogen (secondary N) is 2. The van der Waals surface area contributed by atoms with Gasteiger partial charge in [0.1, 0.15) is 0 Å². The van der Waals surface area contributed by atoms with E-state index in [1.807, 2.05) is 6.92 Å². The molecule has 2 rings (SSSR count). The molecule has 1 aromatic rings. The molecule has 0 radical (unpaired) electrons. The Morgan fingerprint density at radius 1 is 1.32 bits per heavy atom. The number of hydrogen-bond donors (Lipinski definition) is 3. The van der Waals surface area contributed by atoms with E-state index in [2.05, 4.69) is 15.6 Å². The standard InChI is InChI=1S/C16H23Cl2N3O3S/c1-2-19-16(20-8-11-3-4-25(23,24)10-11)21-9-15(22)12-5-13(17)7-14(18)6-12/h5-7,11,15,22H,2-4,8-10H2,1H3,(H2,19,20,21). The van der Waals surface area contributed by atoms with Crippen LogP contribution in [0.1, 0.15) is 25.0 Å². The maximum atomic E-state index is 11.5. The summed E-state index contributed by atoms with van der Waals surface area (Å²) in [5.41, 5.74) is 0.596. The molecule has 1 aromatic carbocycles. The Hall–Kier alpha value is -1.02. The van der Waals surface area contributed by atoms with Crippen LogP contribution in [0.3, 0.4) is 0 Å². The van der Waals surface area contributed by atoms with Crippen LogP contribution in [0.4, 0.5) is 0 Å². The molecule has 1 saturated heterocycles. The van der Waals surface area contributed by atoms with Crippen LogP contribution in [-0.4, -0.2) is 50.6 Å². The lowest BCUT2D eigenvalue weighted by atomic mass is 10.1. The number of benzene rings is 1. The van der Waals surface area contributed by atoms with Gasteiger partial charge in [-0.3, -0.25) is 4.99 Å². The van der Waals surface area contributed by atoms with Gasteiger partial charge in [0.05, 0.1) is 24.2 Å². The van der Waals surface area contributed by atoms with Crippen molar-refractivity contribution in [2.45, 2.75) is 19.4 Å². The van der Waals surface area contributed by atoms with Gasteiger partial charge in [0.2, 0.25) is 0 Å². The van der Waals surface area contributed by atoms with E-state index in [9.17, 15) is 13.5 Å². The Balaban J connectivity index is 1.94. The fraction of sp³-hybridized carbons (Fsp3) is 0.562. The van der Waals surface area contributed by atoms with Crippen LogP contribution in [0, 0.1) is 5.92 Å². The lowest BCUT2D eigenvalue weighted by Gasteiger charge is -2.15. The number of hydrogen-bond acceptors (Lipinski definition) is 4. The van der Waals surface area contributed by atoms with Crippen molar-refractivity contribution in [2.24, 2.45) is 10.9 Å². The first-order valence-corrected chi connectivity index (χ1v) is 10.7. The molecule has 0 spiro atoms. The number of rotatable bonds is 6. The summed E-state index contributed by atoms with van der Waals surface area (Å²) >= 11 is 11.9. The minimum atomic E-state index is -2.89. The topological polar surface area (TPSA) is 90.8 Å². The molecule has 6 nitrogen and oxygen atoms in total. The highest BCUT2D eigenvalue weighted by atomic mass is 35.5. The fourth-order valence-corrected chi connectivity index (χ4v) is 5.07. The van der Waals surface area contributed by atoms with Gasteiger partial charge in [-0.1, -0.05) is 23.2 Å². The van der Waals surface area contributed by atoms with Gasteiger partial charge in [-0.2, -0.15) is 0 Å². The summed E-state index contributed by atoms with van der Waals surface area (Å²) in [5, 5.41) is 17.4. The van der Waals surface area contributed by atoms with Gasteiger partial charge < -0.3 is 15.7 Å². The zero-order chi connectivity index (χ0) is 18.4. The number of aliphatic hydroxyl groups excluding tert-OH is 1. The quantitative estimate of drug-likeness (QED) is 0.495. The van der Waals surface area contributed by atoms with Crippen molar-refractivity contribution in [3.05, 3.63) is 33.8 Å². The summed E-state index contributed by atoms with van der Waals surface area (Å²) in [6.07, 6.45) is -0.170. The maximum absolute atomic E-state index is 11.5. The van der Waals surface area contributed by atoms with E-state index in [1.165, 1.54) is 0 Å². The second-order valence-electron chi connectivity index (χ2n) is 6.09. The molecule has 0 aliphatic carbocycles. The molecule has 0 amide bonds. The molecular formula is C16H23Cl2N3O3S. The summed E-state index contributed by atoms with van der Waals surface area (Å²) in [7, 11) is -2.89. The van der Waals surface area contributed by atoms with E-state index in [4.69, 9.17) is 23.2 Å². The molecule has 3 N–H and O–H groups in total. The number of nitrogens with zero attached hydrogens (tertiary/aromatic N) is 1. The van der Waals surface area contributed by atoms with E-state index < -0.39 is 15.9 Å². The number of halogens is 2. The van der Waals surface area contributed by atoms with Crippen molar-refractivity contribution >= 4 is 39.0 Å². The normalized spacial score (nSPS) is 21.1. The molecule has 140 valence electrons. The predicted octanol–water partition coefficient (Wildman–Crippen LogP) is 2.02. The average Bonchev–Trinajstić information content (AvgIpc) is 2.88. The van der Waals surface area contributed by atoms with Crippen LogP contribution in [0.5, 0.6) is 0 Å². The van der Waals surface area contributed by atoms with Crippen LogP contribution in [-0.2, 0) is 9.84 Å². The first-order valence-electron chi connectivity index (χ1n) is 8.15. The lowest BCUT2D eigenvalue weighted by Crippen LogP contribution is -2.40. The van der Waals surface area contributed by atoms with Gasteiger partial charge in [0, 0.05) is 23.1 Å². The largest absolute Gasteiger partial charge is 0.386 e. The highest BCUT2D eigenvalue weighted by Gasteiger charge is 2.27. The zero-order valence-corrected chi connectivity index (χ0v) is 16.3. The first-order chi connectivity index (χ1) is 11.8. The lowest BCUT2D eigenvalue weighted by molar-refractivity contribution is 0.187. The number of aliphatic imine (C=N–C) groups is 1. The van der Waals surface area contributed by atoms with Crippen LogP contribution >= 0.6 is 23.2 Å². The summed E-state index contributed by atoms with van der Waals surface area (Å²) in [6, 6.07) is 4.90. The van der Waals surface area contributed by atoms with E-state index in [1.54, 1.807) is 18.2 Å². The summed E-state index contributed by atoms with van der Waals surface area (Å²) in [5.74, 6) is 1.09. The van der Waals surface area contributed by atoms with Crippen molar-refractivity contribution in [1.82, 2.24) is 10.6 Å². The van der Waals surface area contributed by atoms with Gasteiger partial charge in [-0.25, -0.2) is 8.42 Å². The monoisotopic (exact) mass is 407 g/mol. The van der Waals surface area contributed by atoms with Crippen molar-refractivity contribution in [1.29, 1.82) is 0 Å². The highest BCUT2D eigenvalue weighted by Crippen LogP contribution is 2.23. The second-order valence-corrected chi connectivity index (χ2v) is 9.19. The van der Waals surface area contributed by atoms with Crippen LogP contribution in [0.15, 0.2) is 23.2 Å². The summed E-state index contributed by atoms with van der Waals surface area (Å²) < 4.78 is 23.0. The molecule has 1 fully saturated rings. The minimum absolute atomic E-state index is 0.0884. The number of aliphatic hydroxyl groups is 1. The average molecular weight is 408 g/mol. The first kappa shape index (κ1) is 20.3. The van der Waals surface area contributed by atoms with Gasteiger partial charge in [0.15, 0.2) is 15.8 Å². The van der Waals surface area contributed by atoms with Gasteiger partial charge in [-0.05, 0) is 43.0 Å².